The van der Waals surface area contributed by atoms with Gasteiger partial charge >= 0.3 is 0 Å². The summed E-state index contributed by atoms with van der Waals surface area (Å²) in [7, 11) is 1.84. The summed E-state index contributed by atoms with van der Waals surface area (Å²) < 4.78 is 21.6. The number of ether oxygens (including phenoxy) is 1. The van der Waals surface area contributed by atoms with Crippen LogP contribution in [0.15, 0.2) is 61.6 Å². The third-order valence-electron chi connectivity index (χ3n) is 7.01. The number of alkyl halides is 1. The third kappa shape index (κ3) is 5.09. The number of halogens is 1. The first-order chi connectivity index (χ1) is 19.9. The van der Waals surface area contributed by atoms with Crippen molar-refractivity contribution in [3.8, 4) is 11.5 Å². The van der Waals surface area contributed by atoms with Crippen molar-refractivity contribution >= 4 is 45.4 Å². The number of nitrogens with one attached hydrogen (secondary N) is 1. The molecular weight excluding hydrogens is 527 g/mol. The zero-order chi connectivity index (χ0) is 28.5. The number of benzene rings is 2. The summed E-state index contributed by atoms with van der Waals surface area (Å²) >= 11 is 0. The Morgan fingerprint density at radius 1 is 1.17 bits per heavy atom. The van der Waals surface area contributed by atoms with Crippen LogP contribution in [0.5, 0.6) is 11.5 Å². The van der Waals surface area contributed by atoms with Gasteiger partial charge in [-0.15, -0.1) is 5.10 Å². The second kappa shape index (κ2) is 10.8. The van der Waals surface area contributed by atoms with Crippen molar-refractivity contribution < 1.29 is 13.9 Å². The van der Waals surface area contributed by atoms with E-state index in [4.69, 9.17) is 9.72 Å². The topological polar surface area (TPSA) is 127 Å². The first-order valence-corrected chi connectivity index (χ1v) is 13.0. The fourth-order valence-electron chi connectivity index (χ4n) is 4.85. The molecule has 0 bridgehead atoms. The number of aromatic nitrogens is 7. The molecule has 1 atom stereocenters. The highest BCUT2D eigenvalue weighted by molar-refractivity contribution is 5.88. The van der Waals surface area contributed by atoms with Gasteiger partial charge in [-0.25, -0.2) is 29.0 Å². The number of carbonyl (C=O) groups excluding carboxylic acids is 1. The number of piperazine rings is 1. The molecule has 41 heavy (non-hydrogen) atoms. The lowest BCUT2D eigenvalue weighted by atomic mass is 10.2. The van der Waals surface area contributed by atoms with Crippen LogP contribution in [0.4, 0.5) is 21.8 Å². The van der Waals surface area contributed by atoms with E-state index >= 15 is 0 Å². The Hall–Kier alpha value is -5.20. The zero-order valence-corrected chi connectivity index (χ0v) is 22.5. The largest absolute Gasteiger partial charge is 0.457 e. The zero-order valence-electron chi connectivity index (χ0n) is 22.5. The summed E-state index contributed by atoms with van der Waals surface area (Å²) in [4.78, 5) is 33.3. The fraction of sp³-hybridized carbons (Fsp3) is 0.250. The number of amides is 1. The summed E-state index contributed by atoms with van der Waals surface area (Å²) in [6.07, 6.45) is 4.27. The molecule has 1 amide bonds. The van der Waals surface area contributed by atoms with Crippen molar-refractivity contribution in [2.45, 2.75) is 13.0 Å². The van der Waals surface area contributed by atoms with E-state index in [1.165, 1.54) is 17.3 Å². The summed E-state index contributed by atoms with van der Waals surface area (Å²) in [6, 6.07) is 10.8. The molecule has 0 saturated carbocycles. The van der Waals surface area contributed by atoms with Crippen molar-refractivity contribution in [1.29, 1.82) is 0 Å². The first-order valence-electron chi connectivity index (χ1n) is 13.0. The van der Waals surface area contributed by atoms with E-state index in [1.54, 1.807) is 10.9 Å². The molecule has 3 aromatic heterocycles. The normalized spacial score (nSPS) is 15.3. The molecule has 208 valence electrons. The van der Waals surface area contributed by atoms with Gasteiger partial charge in [0.25, 0.3) is 0 Å². The quantitative estimate of drug-likeness (QED) is 0.297. The van der Waals surface area contributed by atoms with E-state index in [1.807, 2.05) is 55.3 Å². The molecule has 5 aromatic rings. The molecule has 0 radical (unpaired) electrons. The average Bonchev–Trinajstić information content (AvgIpc) is 3.37. The minimum atomic E-state index is -0.673. The summed E-state index contributed by atoms with van der Waals surface area (Å²) in [6.45, 7) is 5.87. The molecule has 0 spiro atoms. The highest BCUT2D eigenvalue weighted by Gasteiger charge is 2.30. The molecule has 12 nitrogen and oxygen atoms in total. The smallest absolute Gasteiger partial charge is 0.246 e. The van der Waals surface area contributed by atoms with Crippen LogP contribution in [0.2, 0.25) is 0 Å². The number of rotatable bonds is 7. The molecular formula is C28H27FN10O2. The Morgan fingerprint density at radius 3 is 2.85 bits per heavy atom. The van der Waals surface area contributed by atoms with E-state index in [0.29, 0.717) is 47.4 Å². The van der Waals surface area contributed by atoms with Crippen LogP contribution in [-0.2, 0) is 11.8 Å². The van der Waals surface area contributed by atoms with E-state index in [-0.39, 0.29) is 12.5 Å². The number of carbonyl (C=O) groups is 1. The second-order valence-electron chi connectivity index (χ2n) is 9.69. The Balaban J connectivity index is 1.22. The van der Waals surface area contributed by atoms with E-state index < -0.39 is 12.7 Å². The molecule has 0 unspecified atom stereocenters. The standard InChI is InChI=1S/C28H27FN10O2/c1-4-25(40)39-10-9-38(15-19(39)13-29)28-30-14-22-26(34-28)27(32-16-31-22)33-18-5-8-24(17(2)11-18)41-20-6-7-23-21(12-20)35-36-37(23)3/h4-8,11-12,14,16,19H,1,9-10,13,15H2,2-3H3,(H,31,32,33)/t19-/m1/s1. The Bertz CT molecular complexity index is 1770. The van der Waals surface area contributed by atoms with Crippen LogP contribution in [0.1, 0.15) is 5.56 Å². The minimum Gasteiger partial charge on any atom is -0.457 e. The van der Waals surface area contributed by atoms with Gasteiger partial charge in [0.15, 0.2) is 5.82 Å². The van der Waals surface area contributed by atoms with Gasteiger partial charge in [0.05, 0.1) is 17.8 Å². The molecule has 13 heteroatoms. The van der Waals surface area contributed by atoms with Gasteiger partial charge in [0, 0.05) is 38.4 Å². The average molecular weight is 555 g/mol. The summed E-state index contributed by atoms with van der Waals surface area (Å²) in [5.41, 5.74) is 4.45. The first kappa shape index (κ1) is 26.0. The van der Waals surface area contributed by atoms with E-state index in [9.17, 15) is 9.18 Å². The predicted octanol–water partition coefficient (Wildman–Crippen LogP) is 3.72. The summed E-state index contributed by atoms with van der Waals surface area (Å²) in [5, 5.41) is 11.5. The van der Waals surface area contributed by atoms with Gasteiger partial charge in [0.2, 0.25) is 11.9 Å². The lowest BCUT2D eigenvalue weighted by Crippen LogP contribution is -2.56. The SMILES string of the molecule is C=CC(=O)N1CCN(c2ncc3ncnc(Nc4ccc(Oc5ccc6c(c5)nnn6C)c(C)c4)c3n2)C[C@H]1CF. The number of hydrogen-bond acceptors (Lipinski definition) is 10. The lowest BCUT2D eigenvalue weighted by Gasteiger charge is -2.39. The fourth-order valence-corrected chi connectivity index (χ4v) is 4.85. The Morgan fingerprint density at radius 2 is 2.05 bits per heavy atom. The van der Waals surface area contributed by atoms with Gasteiger partial charge in [-0.2, -0.15) is 0 Å². The van der Waals surface area contributed by atoms with Crippen molar-refractivity contribution in [3.05, 3.63) is 67.1 Å². The monoisotopic (exact) mass is 554 g/mol. The maximum atomic E-state index is 13.8. The van der Waals surface area contributed by atoms with Gasteiger partial charge in [-0.05, 0) is 48.9 Å². The molecule has 1 aliphatic rings. The van der Waals surface area contributed by atoms with Crippen LogP contribution in [0.3, 0.4) is 0 Å². The maximum Gasteiger partial charge on any atom is 0.246 e. The number of hydrogen-bond donors (Lipinski definition) is 1. The molecule has 4 heterocycles. The second-order valence-corrected chi connectivity index (χ2v) is 9.69. The third-order valence-corrected chi connectivity index (χ3v) is 7.01. The number of aryl methyl sites for hydroxylation is 2. The predicted molar refractivity (Wildman–Crippen MR) is 152 cm³/mol. The van der Waals surface area contributed by atoms with Crippen molar-refractivity contribution in [1.82, 2.24) is 39.8 Å². The van der Waals surface area contributed by atoms with Crippen LogP contribution in [0, 0.1) is 6.92 Å². The van der Waals surface area contributed by atoms with Crippen molar-refractivity contribution in [3.63, 3.8) is 0 Å². The Labute approximate surface area is 234 Å². The molecule has 2 aromatic carbocycles. The number of anilines is 3. The highest BCUT2D eigenvalue weighted by atomic mass is 19.1. The van der Waals surface area contributed by atoms with Gasteiger partial charge in [-0.3, -0.25) is 4.79 Å². The molecule has 6 rings (SSSR count). The van der Waals surface area contributed by atoms with Crippen molar-refractivity contribution in [2.24, 2.45) is 7.05 Å². The highest BCUT2D eigenvalue weighted by Crippen LogP contribution is 2.31. The number of nitrogens with zero attached hydrogens (tertiary/aromatic N) is 9. The van der Waals surface area contributed by atoms with E-state index in [2.05, 4.69) is 37.2 Å². The van der Waals surface area contributed by atoms with Gasteiger partial charge in [-0.1, -0.05) is 11.8 Å². The summed E-state index contributed by atoms with van der Waals surface area (Å²) in [5.74, 6) is 2.00. The van der Waals surface area contributed by atoms with Gasteiger partial charge < -0.3 is 19.9 Å². The van der Waals surface area contributed by atoms with Crippen LogP contribution < -0.4 is 15.0 Å². The minimum absolute atomic E-state index is 0.266. The molecule has 1 fully saturated rings. The Kier molecular flexibility index (Phi) is 6.83. The maximum absolute atomic E-state index is 13.8. The lowest BCUT2D eigenvalue weighted by molar-refractivity contribution is -0.129. The molecule has 0 aliphatic carbocycles. The molecule has 1 saturated heterocycles. The molecule has 1 N–H and O–H groups in total. The van der Waals surface area contributed by atoms with Crippen molar-refractivity contribution in [2.75, 3.05) is 36.5 Å². The number of fused-ring (bicyclic) bond motifs is 2. The van der Waals surface area contributed by atoms with E-state index in [0.717, 1.165) is 22.3 Å². The van der Waals surface area contributed by atoms with Gasteiger partial charge in [0.1, 0.15) is 41.1 Å². The molecule has 1 aliphatic heterocycles. The van der Waals surface area contributed by atoms with Crippen LogP contribution in [-0.4, -0.2) is 78.1 Å². The van der Waals surface area contributed by atoms with Crippen LogP contribution >= 0.6 is 0 Å². The van der Waals surface area contributed by atoms with Crippen LogP contribution in [0.25, 0.3) is 22.1 Å².